The van der Waals surface area contributed by atoms with E-state index in [0.717, 1.165) is 6.42 Å². The van der Waals surface area contributed by atoms with Gasteiger partial charge in [0.1, 0.15) is 0 Å². The third-order valence-electron chi connectivity index (χ3n) is 4.69. The quantitative estimate of drug-likeness (QED) is 0.802. The minimum absolute atomic E-state index is 0.321. The summed E-state index contributed by atoms with van der Waals surface area (Å²) in [6.45, 7) is 2.20. The summed E-state index contributed by atoms with van der Waals surface area (Å²) in [5, 5.41) is 3.33. The molecule has 0 saturated heterocycles. The van der Waals surface area contributed by atoms with Gasteiger partial charge in [0.15, 0.2) is 0 Å². The van der Waals surface area contributed by atoms with Crippen LogP contribution in [0.5, 0.6) is 0 Å². The summed E-state index contributed by atoms with van der Waals surface area (Å²) in [6, 6.07) is 11.4. The number of nitrogens with one attached hydrogen (secondary N) is 1. The zero-order valence-corrected chi connectivity index (χ0v) is 12.4. The Kier molecular flexibility index (Phi) is 4.76. The first kappa shape index (κ1) is 14.3. The fourth-order valence-electron chi connectivity index (χ4n) is 3.35. The lowest BCUT2D eigenvalue weighted by Crippen LogP contribution is -2.36. The minimum atomic E-state index is 0.321. The van der Waals surface area contributed by atoms with Gasteiger partial charge >= 0.3 is 0 Å². The largest absolute Gasteiger partial charge is 0.312 e. The Morgan fingerprint density at radius 2 is 1.89 bits per heavy atom. The molecular formula is C17H26N2. The van der Waals surface area contributed by atoms with Crippen LogP contribution in [0.3, 0.4) is 0 Å². The predicted molar refractivity (Wildman–Crippen MR) is 83.1 cm³/mol. The molecule has 0 bridgehead atoms. The molecule has 1 aliphatic rings. The zero-order chi connectivity index (χ0) is 13.7. The van der Waals surface area contributed by atoms with E-state index < -0.39 is 0 Å². The van der Waals surface area contributed by atoms with E-state index in [9.17, 15) is 0 Å². The zero-order valence-electron chi connectivity index (χ0n) is 12.4. The molecule has 1 aliphatic carbocycles. The number of rotatable bonds is 5. The molecule has 0 aromatic heterocycles. The van der Waals surface area contributed by atoms with Crippen LogP contribution in [0.4, 0.5) is 0 Å². The fourth-order valence-corrected chi connectivity index (χ4v) is 3.35. The SMILES string of the molecule is C/N=C(/CC1(c2ccccc2)CCCC1)C(C)NC. The van der Waals surface area contributed by atoms with Gasteiger partial charge < -0.3 is 5.32 Å². The number of nitrogens with zero attached hydrogens (tertiary/aromatic N) is 1. The number of benzene rings is 1. The maximum Gasteiger partial charge on any atom is 0.0419 e. The highest BCUT2D eigenvalue weighted by Crippen LogP contribution is 2.44. The van der Waals surface area contributed by atoms with Gasteiger partial charge in [0.05, 0.1) is 0 Å². The van der Waals surface area contributed by atoms with Crippen LogP contribution in [0.1, 0.15) is 44.6 Å². The summed E-state index contributed by atoms with van der Waals surface area (Å²) in [5.74, 6) is 0. The first-order valence-electron chi connectivity index (χ1n) is 7.40. The van der Waals surface area contributed by atoms with Crippen LogP contribution in [-0.2, 0) is 5.41 Å². The van der Waals surface area contributed by atoms with Crippen molar-refractivity contribution in [2.45, 2.75) is 50.5 Å². The van der Waals surface area contributed by atoms with E-state index in [0.29, 0.717) is 11.5 Å². The van der Waals surface area contributed by atoms with Gasteiger partial charge in [0, 0.05) is 24.2 Å². The van der Waals surface area contributed by atoms with Gasteiger partial charge in [-0.15, -0.1) is 0 Å². The predicted octanol–water partition coefficient (Wildman–Crippen LogP) is 3.57. The third kappa shape index (κ3) is 3.06. The molecule has 1 saturated carbocycles. The molecule has 0 amide bonds. The molecule has 1 aromatic carbocycles. The summed E-state index contributed by atoms with van der Waals surface area (Å²) in [7, 11) is 3.94. The van der Waals surface area contributed by atoms with Crippen LogP contribution >= 0.6 is 0 Å². The standard InChI is InChI=1S/C17H26N2/c1-14(18-2)16(19-3)13-17(11-7-8-12-17)15-9-5-4-6-10-15/h4-6,9-10,14,18H,7-8,11-13H2,1-3H3/b19-16-. The van der Waals surface area contributed by atoms with E-state index in [1.165, 1.54) is 37.0 Å². The molecular weight excluding hydrogens is 232 g/mol. The van der Waals surface area contributed by atoms with Crippen LogP contribution < -0.4 is 5.32 Å². The van der Waals surface area contributed by atoms with E-state index in [2.05, 4.69) is 47.6 Å². The highest BCUT2D eigenvalue weighted by molar-refractivity contribution is 5.90. The lowest BCUT2D eigenvalue weighted by Gasteiger charge is -2.32. The van der Waals surface area contributed by atoms with Crippen molar-refractivity contribution in [2.24, 2.45) is 4.99 Å². The van der Waals surface area contributed by atoms with Crippen LogP contribution in [0, 0.1) is 0 Å². The van der Waals surface area contributed by atoms with Gasteiger partial charge in [0.25, 0.3) is 0 Å². The second-order valence-electron chi connectivity index (χ2n) is 5.76. The maximum absolute atomic E-state index is 4.55. The van der Waals surface area contributed by atoms with Gasteiger partial charge in [0.2, 0.25) is 0 Å². The first-order valence-corrected chi connectivity index (χ1v) is 7.40. The lowest BCUT2D eigenvalue weighted by molar-refractivity contribution is 0.452. The number of hydrogen-bond donors (Lipinski definition) is 1. The van der Waals surface area contributed by atoms with Crippen molar-refractivity contribution < 1.29 is 0 Å². The maximum atomic E-state index is 4.55. The van der Waals surface area contributed by atoms with Gasteiger partial charge in [-0.25, -0.2) is 0 Å². The Balaban J connectivity index is 2.26. The molecule has 2 nitrogen and oxygen atoms in total. The van der Waals surface area contributed by atoms with Crippen molar-refractivity contribution in [3.8, 4) is 0 Å². The van der Waals surface area contributed by atoms with Gasteiger partial charge in [-0.1, -0.05) is 43.2 Å². The first-order chi connectivity index (χ1) is 9.22. The molecule has 0 spiro atoms. The molecule has 1 atom stereocenters. The summed E-state index contributed by atoms with van der Waals surface area (Å²) in [4.78, 5) is 4.55. The molecule has 1 unspecified atom stereocenters. The van der Waals surface area contributed by atoms with Gasteiger partial charge in [-0.2, -0.15) is 0 Å². The highest BCUT2D eigenvalue weighted by atomic mass is 14.9. The highest BCUT2D eigenvalue weighted by Gasteiger charge is 2.37. The molecule has 104 valence electrons. The minimum Gasteiger partial charge on any atom is -0.312 e. The normalized spacial score (nSPS) is 20.5. The molecule has 0 aliphatic heterocycles. The molecule has 2 heteroatoms. The van der Waals surface area contributed by atoms with Crippen molar-refractivity contribution in [2.75, 3.05) is 14.1 Å². The van der Waals surface area contributed by atoms with Crippen molar-refractivity contribution in [3.05, 3.63) is 35.9 Å². The monoisotopic (exact) mass is 258 g/mol. The topological polar surface area (TPSA) is 24.4 Å². The summed E-state index contributed by atoms with van der Waals surface area (Å²) < 4.78 is 0. The second kappa shape index (κ2) is 6.33. The Morgan fingerprint density at radius 3 is 2.42 bits per heavy atom. The van der Waals surface area contributed by atoms with E-state index in [4.69, 9.17) is 0 Å². The van der Waals surface area contributed by atoms with Crippen LogP contribution in [0.2, 0.25) is 0 Å². The van der Waals surface area contributed by atoms with E-state index in [1.54, 1.807) is 0 Å². The van der Waals surface area contributed by atoms with Crippen LogP contribution in [0.25, 0.3) is 0 Å². The second-order valence-corrected chi connectivity index (χ2v) is 5.76. The Morgan fingerprint density at radius 1 is 1.26 bits per heavy atom. The van der Waals surface area contributed by atoms with Gasteiger partial charge in [-0.05, 0) is 38.8 Å². The average molecular weight is 258 g/mol. The summed E-state index contributed by atoms with van der Waals surface area (Å²) in [5.41, 5.74) is 3.12. The third-order valence-corrected chi connectivity index (χ3v) is 4.69. The summed E-state index contributed by atoms with van der Waals surface area (Å²) >= 11 is 0. The smallest absolute Gasteiger partial charge is 0.0419 e. The number of hydrogen-bond acceptors (Lipinski definition) is 2. The van der Waals surface area contributed by atoms with Crippen molar-refractivity contribution >= 4 is 5.71 Å². The van der Waals surface area contributed by atoms with Crippen molar-refractivity contribution in [1.29, 1.82) is 0 Å². The Labute approximate surface area is 117 Å². The number of aliphatic imine (C=N–C) groups is 1. The van der Waals surface area contributed by atoms with E-state index >= 15 is 0 Å². The summed E-state index contributed by atoms with van der Waals surface area (Å²) in [6.07, 6.45) is 6.38. The molecule has 2 rings (SSSR count). The van der Waals surface area contributed by atoms with Crippen LogP contribution in [-0.4, -0.2) is 25.8 Å². The average Bonchev–Trinajstić information content (AvgIpc) is 2.95. The molecule has 1 aromatic rings. The van der Waals surface area contributed by atoms with E-state index in [-0.39, 0.29) is 0 Å². The molecule has 0 radical (unpaired) electrons. The molecule has 1 N–H and O–H groups in total. The van der Waals surface area contributed by atoms with E-state index in [1.807, 2.05) is 14.1 Å². The van der Waals surface area contributed by atoms with Crippen molar-refractivity contribution in [1.82, 2.24) is 5.32 Å². The molecule has 0 heterocycles. The Bertz CT molecular complexity index is 416. The Hall–Kier alpha value is -1.15. The van der Waals surface area contributed by atoms with Crippen molar-refractivity contribution in [3.63, 3.8) is 0 Å². The molecule has 1 fully saturated rings. The van der Waals surface area contributed by atoms with Gasteiger partial charge in [-0.3, -0.25) is 4.99 Å². The fraction of sp³-hybridized carbons (Fsp3) is 0.588. The van der Waals surface area contributed by atoms with Crippen LogP contribution in [0.15, 0.2) is 35.3 Å². The lowest BCUT2D eigenvalue weighted by atomic mass is 9.74. The molecule has 19 heavy (non-hydrogen) atoms.